The molecule has 0 aromatic heterocycles. The van der Waals surface area contributed by atoms with Crippen molar-refractivity contribution < 1.29 is 14.0 Å². The zero-order chi connectivity index (χ0) is 10.6. The zero-order valence-corrected chi connectivity index (χ0v) is 7.71. The molecule has 1 aromatic carbocycles. The predicted octanol–water partition coefficient (Wildman–Crippen LogP) is 1.14. The standard InChI is InChI=1S/C10H10FNO2/c1-7(13)6-12-10(14)8-4-2-3-5-9(8)11/h2-5H,6H2,1H3,(H,12,14). The van der Waals surface area contributed by atoms with Gasteiger partial charge in [-0.2, -0.15) is 0 Å². The Balaban J connectivity index is 2.70. The van der Waals surface area contributed by atoms with E-state index in [1.165, 1.54) is 25.1 Å². The van der Waals surface area contributed by atoms with Crippen LogP contribution in [0.5, 0.6) is 0 Å². The maximum Gasteiger partial charge on any atom is 0.254 e. The summed E-state index contributed by atoms with van der Waals surface area (Å²) in [6.45, 7) is 1.27. The molecule has 1 aromatic rings. The van der Waals surface area contributed by atoms with Crippen molar-refractivity contribution in [3.63, 3.8) is 0 Å². The van der Waals surface area contributed by atoms with Gasteiger partial charge in [-0.15, -0.1) is 0 Å². The average molecular weight is 195 g/mol. The monoisotopic (exact) mass is 195 g/mol. The van der Waals surface area contributed by atoms with Crippen molar-refractivity contribution in [2.45, 2.75) is 6.92 Å². The average Bonchev–Trinajstić information content (AvgIpc) is 2.15. The number of ketones is 1. The van der Waals surface area contributed by atoms with E-state index in [0.29, 0.717) is 0 Å². The molecule has 1 N–H and O–H groups in total. The third-order valence-corrected chi connectivity index (χ3v) is 1.62. The van der Waals surface area contributed by atoms with Gasteiger partial charge < -0.3 is 5.32 Å². The second-order valence-electron chi connectivity index (χ2n) is 2.86. The molecule has 0 radical (unpaired) electrons. The first kappa shape index (κ1) is 10.4. The van der Waals surface area contributed by atoms with E-state index in [-0.39, 0.29) is 17.9 Å². The van der Waals surface area contributed by atoms with Crippen LogP contribution in [0.1, 0.15) is 17.3 Å². The minimum absolute atomic E-state index is 0.0475. The summed E-state index contributed by atoms with van der Waals surface area (Å²) in [5, 5.41) is 2.31. The molecule has 1 amide bonds. The van der Waals surface area contributed by atoms with Crippen LogP contribution < -0.4 is 5.32 Å². The molecular weight excluding hydrogens is 185 g/mol. The van der Waals surface area contributed by atoms with Crippen molar-refractivity contribution in [2.24, 2.45) is 0 Å². The van der Waals surface area contributed by atoms with Crippen LogP contribution in [-0.4, -0.2) is 18.2 Å². The quantitative estimate of drug-likeness (QED) is 0.786. The van der Waals surface area contributed by atoms with E-state index >= 15 is 0 Å². The summed E-state index contributed by atoms with van der Waals surface area (Å²) in [5.74, 6) is -1.33. The number of nitrogens with one attached hydrogen (secondary N) is 1. The van der Waals surface area contributed by atoms with Gasteiger partial charge in [0.1, 0.15) is 11.6 Å². The van der Waals surface area contributed by atoms with Crippen LogP contribution >= 0.6 is 0 Å². The second kappa shape index (κ2) is 4.50. The van der Waals surface area contributed by atoms with Gasteiger partial charge in [-0.05, 0) is 19.1 Å². The molecule has 14 heavy (non-hydrogen) atoms. The summed E-state index contributed by atoms with van der Waals surface area (Å²) in [7, 11) is 0. The number of amides is 1. The molecule has 4 heteroatoms. The van der Waals surface area contributed by atoms with Gasteiger partial charge in [-0.25, -0.2) is 4.39 Å². The van der Waals surface area contributed by atoms with Gasteiger partial charge in [0.25, 0.3) is 5.91 Å². The summed E-state index contributed by atoms with van der Waals surface area (Å²) < 4.78 is 13.0. The number of carbonyl (C=O) groups is 2. The third-order valence-electron chi connectivity index (χ3n) is 1.62. The van der Waals surface area contributed by atoms with Crippen LogP contribution in [-0.2, 0) is 4.79 Å². The molecule has 0 saturated carbocycles. The molecular formula is C10H10FNO2. The van der Waals surface area contributed by atoms with Crippen molar-refractivity contribution in [1.82, 2.24) is 5.32 Å². The zero-order valence-electron chi connectivity index (χ0n) is 7.71. The summed E-state index contributed by atoms with van der Waals surface area (Å²) >= 11 is 0. The van der Waals surface area contributed by atoms with Crippen molar-refractivity contribution >= 4 is 11.7 Å². The number of hydrogen-bond donors (Lipinski definition) is 1. The predicted molar refractivity (Wildman–Crippen MR) is 49.4 cm³/mol. The Morgan fingerprint density at radius 2 is 2.00 bits per heavy atom. The molecule has 0 atom stereocenters. The topological polar surface area (TPSA) is 46.2 Å². The van der Waals surface area contributed by atoms with Crippen LogP contribution in [0.3, 0.4) is 0 Å². The van der Waals surface area contributed by atoms with Crippen LogP contribution in [0.15, 0.2) is 24.3 Å². The van der Waals surface area contributed by atoms with E-state index in [9.17, 15) is 14.0 Å². The van der Waals surface area contributed by atoms with Gasteiger partial charge in [-0.1, -0.05) is 12.1 Å². The second-order valence-corrected chi connectivity index (χ2v) is 2.86. The Hall–Kier alpha value is -1.71. The van der Waals surface area contributed by atoms with E-state index in [4.69, 9.17) is 0 Å². The molecule has 1 rings (SSSR count). The lowest BCUT2D eigenvalue weighted by Crippen LogP contribution is -2.28. The highest BCUT2D eigenvalue weighted by Gasteiger charge is 2.09. The van der Waals surface area contributed by atoms with Gasteiger partial charge in [-0.3, -0.25) is 9.59 Å². The summed E-state index contributed by atoms with van der Waals surface area (Å²) in [5.41, 5.74) is -0.0475. The molecule has 0 unspecified atom stereocenters. The molecule has 0 saturated heterocycles. The lowest BCUT2D eigenvalue weighted by Gasteiger charge is -2.03. The van der Waals surface area contributed by atoms with Crippen molar-refractivity contribution in [3.05, 3.63) is 35.6 Å². The third kappa shape index (κ3) is 2.65. The summed E-state index contributed by atoms with van der Waals surface area (Å²) in [6.07, 6.45) is 0. The van der Waals surface area contributed by atoms with Crippen molar-refractivity contribution in [2.75, 3.05) is 6.54 Å². The van der Waals surface area contributed by atoms with E-state index in [1.807, 2.05) is 0 Å². The first-order chi connectivity index (χ1) is 6.61. The Labute approximate surface area is 80.9 Å². The highest BCUT2D eigenvalue weighted by Crippen LogP contribution is 2.05. The Kier molecular flexibility index (Phi) is 3.34. The molecule has 0 aliphatic rings. The fourth-order valence-electron chi connectivity index (χ4n) is 0.945. The first-order valence-corrected chi connectivity index (χ1v) is 4.13. The molecule has 3 nitrogen and oxygen atoms in total. The van der Waals surface area contributed by atoms with E-state index < -0.39 is 11.7 Å². The number of benzene rings is 1. The highest BCUT2D eigenvalue weighted by atomic mass is 19.1. The highest BCUT2D eigenvalue weighted by molar-refractivity contribution is 5.96. The molecule has 0 heterocycles. The van der Waals surface area contributed by atoms with Gasteiger partial charge in [0.15, 0.2) is 0 Å². The van der Waals surface area contributed by atoms with Gasteiger partial charge in [0, 0.05) is 0 Å². The molecule has 0 fully saturated rings. The minimum Gasteiger partial charge on any atom is -0.345 e. The van der Waals surface area contributed by atoms with E-state index in [1.54, 1.807) is 6.07 Å². The lowest BCUT2D eigenvalue weighted by atomic mass is 10.2. The maximum absolute atomic E-state index is 13.0. The van der Waals surface area contributed by atoms with Crippen LogP contribution in [0.25, 0.3) is 0 Å². The fraction of sp³-hybridized carbons (Fsp3) is 0.200. The molecule has 0 aliphatic heterocycles. The molecule has 74 valence electrons. The normalized spacial score (nSPS) is 9.57. The molecule has 0 spiro atoms. The Morgan fingerprint density at radius 1 is 1.36 bits per heavy atom. The maximum atomic E-state index is 13.0. The largest absolute Gasteiger partial charge is 0.345 e. The van der Waals surface area contributed by atoms with Crippen LogP contribution in [0.4, 0.5) is 4.39 Å². The number of carbonyl (C=O) groups excluding carboxylic acids is 2. The lowest BCUT2D eigenvalue weighted by molar-refractivity contribution is -0.116. The smallest absolute Gasteiger partial charge is 0.254 e. The SMILES string of the molecule is CC(=O)CNC(=O)c1ccccc1F. The van der Waals surface area contributed by atoms with E-state index in [0.717, 1.165) is 0 Å². The first-order valence-electron chi connectivity index (χ1n) is 4.13. The Bertz CT molecular complexity index is 363. The number of hydrogen-bond acceptors (Lipinski definition) is 2. The van der Waals surface area contributed by atoms with Gasteiger partial charge in [0.05, 0.1) is 12.1 Å². The number of rotatable bonds is 3. The van der Waals surface area contributed by atoms with Crippen molar-refractivity contribution in [3.8, 4) is 0 Å². The van der Waals surface area contributed by atoms with Gasteiger partial charge >= 0.3 is 0 Å². The Morgan fingerprint density at radius 3 is 2.57 bits per heavy atom. The molecule has 0 aliphatic carbocycles. The summed E-state index contributed by atoms with van der Waals surface area (Å²) in [6, 6.07) is 5.62. The van der Waals surface area contributed by atoms with Gasteiger partial charge in [0.2, 0.25) is 0 Å². The molecule has 0 bridgehead atoms. The number of Topliss-reactive ketones (excluding diaryl/α,β-unsaturated/α-hetero) is 1. The number of halogens is 1. The minimum atomic E-state index is -0.589. The van der Waals surface area contributed by atoms with Crippen LogP contribution in [0, 0.1) is 5.82 Å². The van der Waals surface area contributed by atoms with E-state index in [2.05, 4.69) is 5.32 Å². The van der Waals surface area contributed by atoms with Crippen LogP contribution in [0.2, 0.25) is 0 Å². The summed E-state index contributed by atoms with van der Waals surface area (Å²) in [4.78, 5) is 21.8. The fourth-order valence-corrected chi connectivity index (χ4v) is 0.945. The van der Waals surface area contributed by atoms with Crippen molar-refractivity contribution in [1.29, 1.82) is 0 Å².